The summed E-state index contributed by atoms with van der Waals surface area (Å²) in [6.07, 6.45) is 2.47. The highest BCUT2D eigenvalue weighted by atomic mass is 35.5. The lowest BCUT2D eigenvalue weighted by molar-refractivity contribution is -0.118. The molecule has 0 aromatic heterocycles. The summed E-state index contributed by atoms with van der Waals surface area (Å²) in [5, 5.41) is 6.37. The molecule has 0 heterocycles. The van der Waals surface area contributed by atoms with Crippen molar-refractivity contribution in [3.05, 3.63) is 63.6 Å². The fourth-order valence-electron chi connectivity index (χ4n) is 2.34. The molecule has 0 saturated heterocycles. The molecule has 0 aliphatic heterocycles. The topological polar surface area (TPSA) is 58.2 Å². The van der Waals surface area contributed by atoms with E-state index in [9.17, 15) is 9.59 Å². The van der Waals surface area contributed by atoms with Crippen molar-refractivity contribution >= 4 is 52.5 Å². The average Bonchev–Trinajstić information content (AvgIpc) is 2.61. The standard InChI is InChI=1S/C19H20Cl2N2O2S/c1-12-4-3-5-13(10-12)18(24)23-17(8-9-26-2)19(25)22-14-6-7-15(20)16(21)11-14/h3-7,10-11,17H,8-9H2,1-2H3,(H,22,25)(H,23,24). The van der Waals surface area contributed by atoms with Gasteiger partial charge >= 0.3 is 0 Å². The van der Waals surface area contributed by atoms with Crippen LogP contribution in [0.15, 0.2) is 42.5 Å². The number of hydrogen-bond donors (Lipinski definition) is 2. The Bertz CT molecular complexity index is 799. The molecule has 2 N–H and O–H groups in total. The minimum Gasteiger partial charge on any atom is -0.340 e. The van der Waals surface area contributed by atoms with Gasteiger partial charge < -0.3 is 10.6 Å². The van der Waals surface area contributed by atoms with Crippen molar-refractivity contribution in [2.75, 3.05) is 17.3 Å². The molecule has 1 atom stereocenters. The minimum absolute atomic E-state index is 0.274. The molecule has 7 heteroatoms. The molecule has 2 aromatic carbocycles. The quantitative estimate of drug-likeness (QED) is 0.689. The van der Waals surface area contributed by atoms with Gasteiger partial charge in [-0.2, -0.15) is 11.8 Å². The van der Waals surface area contributed by atoms with E-state index < -0.39 is 6.04 Å². The Kier molecular flexibility index (Phi) is 7.82. The molecule has 138 valence electrons. The molecule has 2 rings (SSSR count). The van der Waals surface area contributed by atoms with E-state index in [1.54, 1.807) is 42.1 Å². The van der Waals surface area contributed by atoms with Crippen LogP contribution >= 0.6 is 35.0 Å². The first kappa shape index (κ1) is 20.6. The summed E-state index contributed by atoms with van der Waals surface area (Å²) >= 11 is 13.5. The molecule has 4 nitrogen and oxygen atoms in total. The van der Waals surface area contributed by atoms with E-state index in [1.165, 1.54) is 0 Å². The number of carbonyl (C=O) groups is 2. The van der Waals surface area contributed by atoms with E-state index in [-0.39, 0.29) is 11.8 Å². The zero-order valence-corrected chi connectivity index (χ0v) is 16.8. The Labute approximate surface area is 167 Å². The number of anilines is 1. The number of thioether (sulfide) groups is 1. The maximum absolute atomic E-state index is 12.6. The number of nitrogens with one attached hydrogen (secondary N) is 2. The van der Waals surface area contributed by atoms with Gasteiger partial charge in [0, 0.05) is 11.3 Å². The predicted octanol–water partition coefficient (Wildman–Crippen LogP) is 4.79. The van der Waals surface area contributed by atoms with Crippen molar-refractivity contribution in [3.8, 4) is 0 Å². The molecule has 0 radical (unpaired) electrons. The highest BCUT2D eigenvalue weighted by Crippen LogP contribution is 2.25. The van der Waals surface area contributed by atoms with Crippen LogP contribution in [0.25, 0.3) is 0 Å². The molecule has 0 fully saturated rings. The predicted molar refractivity (Wildman–Crippen MR) is 111 cm³/mol. The van der Waals surface area contributed by atoms with Gasteiger partial charge in [0.15, 0.2) is 0 Å². The van der Waals surface area contributed by atoms with E-state index in [2.05, 4.69) is 10.6 Å². The fourth-order valence-corrected chi connectivity index (χ4v) is 3.11. The van der Waals surface area contributed by atoms with Gasteiger partial charge in [-0.15, -0.1) is 0 Å². The Balaban J connectivity index is 2.10. The molecule has 0 aliphatic rings. The highest BCUT2D eigenvalue weighted by Gasteiger charge is 2.21. The summed E-state index contributed by atoms with van der Waals surface area (Å²) in [7, 11) is 0. The largest absolute Gasteiger partial charge is 0.340 e. The monoisotopic (exact) mass is 410 g/mol. The van der Waals surface area contributed by atoms with Gasteiger partial charge in [-0.3, -0.25) is 9.59 Å². The van der Waals surface area contributed by atoms with Crippen LogP contribution < -0.4 is 10.6 Å². The van der Waals surface area contributed by atoms with Crippen LogP contribution in [-0.2, 0) is 4.79 Å². The summed E-state index contributed by atoms with van der Waals surface area (Å²) in [5.41, 5.74) is 2.04. The lowest BCUT2D eigenvalue weighted by Crippen LogP contribution is -2.44. The van der Waals surface area contributed by atoms with Crippen molar-refractivity contribution in [1.82, 2.24) is 5.32 Å². The Morgan fingerprint density at radius 3 is 2.54 bits per heavy atom. The molecule has 2 amide bonds. The van der Waals surface area contributed by atoms with Crippen LogP contribution in [0.1, 0.15) is 22.3 Å². The van der Waals surface area contributed by atoms with Gasteiger partial charge in [0.1, 0.15) is 6.04 Å². The molecule has 0 spiro atoms. The summed E-state index contributed by atoms with van der Waals surface area (Å²) in [4.78, 5) is 25.1. The third-order valence-corrected chi connectivity index (χ3v) is 5.08. The first-order chi connectivity index (χ1) is 12.4. The summed E-state index contributed by atoms with van der Waals surface area (Å²) in [5.74, 6) is 0.177. The van der Waals surface area contributed by atoms with Crippen LogP contribution in [0.5, 0.6) is 0 Å². The van der Waals surface area contributed by atoms with E-state index >= 15 is 0 Å². The maximum atomic E-state index is 12.6. The van der Waals surface area contributed by atoms with Crippen molar-refractivity contribution in [2.45, 2.75) is 19.4 Å². The molecule has 0 bridgehead atoms. The normalized spacial score (nSPS) is 11.7. The molecule has 1 unspecified atom stereocenters. The van der Waals surface area contributed by atoms with Crippen LogP contribution in [0.2, 0.25) is 10.0 Å². The van der Waals surface area contributed by atoms with Gasteiger partial charge in [0.25, 0.3) is 5.91 Å². The number of halogens is 2. The molecule has 0 aliphatic carbocycles. The number of rotatable bonds is 7. The molecule has 2 aromatic rings. The first-order valence-electron chi connectivity index (χ1n) is 8.03. The van der Waals surface area contributed by atoms with Gasteiger partial charge in [-0.05, 0) is 55.7 Å². The lowest BCUT2D eigenvalue weighted by Gasteiger charge is -2.18. The summed E-state index contributed by atoms with van der Waals surface area (Å²) in [6.45, 7) is 1.92. The SMILES string of the molecule is CSCCC(NC(=O)c1cccc(C)c1)C(=O)Nc1ccc(Cl)c(Cl)c1. The van der Waals surface area contributed by atoms with E-state index in [4.69, 9.17) is 23.2 Å². The summed E-state index contributed by atoms with van der Waals surface area (Å²) in [6, 6.07) is 11.5. The van der Waals surface area contributed by atoms with Crippen molar-refractivity contribution < 1.29 is 9.59 Å². The van der Waals surface area contributed by atoms with Gasteiger partial charge in [0.05, 0.1) is 10.0 Å². The number of aryl methyl sites for hydroxylation is 1. The Hall–Kier alpha value is -1.69. The number of hydrogen-bond acceptors (Lipinski definition) is 3. The second-order valence-corrected chi connectivity index (χ2v) is 7.60. The first-order valence-corrected chi connectivity index (χ1v) is 10.2. The second-order valence-electron chi connectivity index (χ2n) is 5.80. The van der Waals surface area contributed by atoms with Gasteiger partial charge in [0.2, 0.25) is 5.91 Å². The Morgan fingerprint density at radius 1 is 1.12 bits per heavy atom. The smallest absolute Gasteiger partial charge is 0.251 e. The zero-order valence-electron chi connectivity index (χ0n) is 14.5. The van der Waals surface area contributed by atoms with Crippen molar-refractivity contribution in [1.29, 1.82) is 0 Å². The van der Waals surface area contributed by atoms with Crippen LogP contribution in [-0.4, -0.2) is 29.9 Å². The third kappa shape index (κ3) is 5.94. The van der Waals surface area contributed by atoms with Crippen molar-refractivity contribution in [2.24, 2.45) is 0 Å². The third-order valence-electron chi connectivity index (χ3n) is 3.70. The molecule has 0 saturated carbocycles. The fraction of sp³-hybridized carbons (Fsp3) is 0.263. The lowest BCUT2D eigenvalue weighted by atomic mass is 10.1. The van der Waals surface area contributed by atoms with Crippen LogP contribution in [0.3, 0.4) is 0 Å². The van der Waals surface area contributed by atoms with Crippen LogP contribution in [0.4, 0.5) is 5.69 Å². The van der Waals surface area contributed by atoms with Crippen molar-refractivity contribution in [3.63, 3.8) is 0 Å². The summed E-state index contributed by atoms with van der Waals surface area (Å²) < 4.78 is 0. The number of benzene rings is 2. The number of carbonyl (C=O) groups excluding carboxylic acids is 2. The second kappa shape index (κ2) is 9.86. The highest BCUT2D eigenvalue weighted by molar-refractivity contribution is 7.98. The van der Waals surface area contributed by atoms with Gasteiger partial charge in [-0.1, -0.05) is 40.9 Å². The molecule has 26 heavy (non-hydrogen) atoms. The molecular weight excluding hydrogens is 391 g/mol. The maximum Gasteiger partial charge on any atom is 0.251 e. The number of amides is 2. The van der Waals surface area contributed by atoms with E-state index in [1.807, 2.05) is 25.3 Å². The zero-order chi connectivity index (χ0) is 19.1. The molecular formula is C19H20Cl2N2O2S. The Morgan fingerprint density at radius 2 is 1.88 bits per heavy atom. The minimum atomic E-state index is -0.648. The van der Waals surface area contributed by atoms with Crippen LogP contribution in [0, 0.1) is 6.92 Å². The van der Waals surface area contributed by atoms with Gasteiger partial charge in [-0.25, -0.2) is 0 Å². The average molecular weight is 411 g/mol. The van der Waals surface area contributed by atoms with E-state index in [0.717, 1.165) is 11.3 Å². The van der Waals surface area contributed by atoms with E-state index in [0.29, 0.717) is 27.7 Å².